The lowest BCUT2D eigenvalue weighted by Gasteiger charge is -2.24. The first-order chi connectivity index (χ1) is 15.8. The predicted molar refractivity (Wildman–Crippen MR) is 130 cm³/mol. The summed E-state index contributed by atoms with van der Waals surface area (Å²) in [6.07, 6.45) is 1.74. The van der Waals surface area contributed by atoms with Gasteiger partial charge >= 0.3 is 5.97 Å². The van der Waals surface area contributed by atoms with Crippen LogP contribution >= 0.6 is 22.9 Å². The highest BCUT2D eigenvalue weighted by Gasteiger charge is 2.33. The number of thiazole rings is 1. The quantitative estimate of drug-likeness (QED) is 0.519. The lowest BCUT2D eigenvalue weighted by molar-refractivity contribution is -0.139. The number of hydrogen-bond donors (Lipinski definition) is 0. The molecule has 1 aliphatic rings. The SMILES string of the molecule is CCOC(=O)C1=C(C)N=c2s/c(=C\c3cc(Cl)ccc3OC)c(=O)n2[C@@H]1c1ccc(C)cc1. The number of carbonyl (C=O) groups excluding carboxylic acids is 1. The van der Waals surface area contributed by atoms with Gasteiger partial charge in [0, 0.05) is 10.6 Å². The molecule has 0 fully saturated rings. The molecule has 1 aliphatic heterocycles. The highest BCUT2D eigenvalue weighted by atomic mass is 35.5. The fraction of sp³-hybridized carbons (Fsp3) is 0.240. The van der Waals surface area contributed by atoms with Crippen molar-refractivity contribution in [1.82, 2.24) is 4.57 Å². The van der Waals surface area contributed by atoms with Crippen LogP contribution in [-0.4, -0.2) is 24.3 Å². The number of hydrogen-bond acceptors (Lipinski definition) is 6. The Hall–Kier alpha value is -3.16. The lowest BCUT2D eigenvalue weighted by atomic mass is 9.95. The molecule has 3 aromatic rings. The third kappa shape index (κ3) is 4.38. The van der Waals surface area contributed by atoms with Crippen LogP contribution in [0.3, 0.4) is 0 Å². The Labute approximate surface area is 200 Å². The second-order valence-corrected chi connectivity index (χ2v) is 9.04. The summed E-state index contributed by atoms with van der Waals surface area (Å²) < 4.78 is 12.8. The van der Waals surface area contributed by atoms with Gasteiger partial charge in [-0.3, -0.25) is 9.36 Å². The zero-order chi connectivity index (χ0) is 23.7. The number of aromatic nitrogens is 1. The van der Waals surface area contributed by atoms with Crippen molar-refractivity contribution in [1.29, 1.82) is 0 Å². The number of fused-ring (bicyclic) bond motifs is 1. The maximum atomic E-state index is 13.6. The van der Waals surface area contributed by atoms with Crippen molar-refractivity contribution >= 4 is 35.0 Å². The van der Waals surface area contributed by atoms with E-state index in [0.29, 0.717) is 36.9 Å². The zero-order valence-corrected chi connectivity index (χ0v) is 20.3. The van der Waals surface area contributed by atoms with Gasteiger partial charge in [0.2, 0.25) is 0 Å². The smallest absolute Gasteiger partial charge is 0.338 e. The molecule has 0 unspecified atom stereocenters. The molecule has 2 aromatic carbocycles. The van der Waals surface area contributed by atoms with Crippen LogP contribution in [0.25, 0.3) is 6.08 Å². The highest BCUT2D eigenvalue weighted by molar-refractivity contribution is 7.07. The van der Waals surface area contributed by atoms with Crippen LogP contribution in [0.4, 0.5) is 0 Å². The van der Waals surface area contributed by atoms with Gasteiger partial charge in [-0.2, -0.15) is 0 Å². The summed E-state index contributed by atoms with van der Waals surface area (Å²) in [4.78, 5) is 31.6. The molecule has 0 amide bonds. The molecule has 6 nitrogen and oxygen atoms in total. The van der Waals surface area contributed by atoms with Crippen molar-refractivity contribution < 1.29 is 14.3 Å². The van der Waals surface area contributed by atoms with Crippen LogP contribution in [0.2, 0.25) is 5.02 Å². The van der Waals surface area contributed by atoms with Gasteiger partial charge in [0.05, 0.1) is 35.6 Å². The molecule has 0 saturated carbocycles. The topological polar surface area (TPSA) is 69.9 Å². The van der Waals surface area contributed by atoms with Crippen LogP contribution in [0.15, 0.2) is 63.5 Å². The number of nitrogens with zero attached hydrogens (tertiary/aromatic N) is 2. The number of benzene rings is 2. The molecule has 2 heterocycles. The minimum atomic E-state index is -0.635. The maximum Gasteiger partial charge on any atom is 0.338 e. The maximum absolute atomic E-state index is 13.6. The molecular weight excluding hydrogens is 460 g/mol. The molecule has 4 rings (SSSR count). The van der Waals surface area contributed by atoms with E-state index >= 15 is 0 Å². The van der Waals surface area contributed by atoms with Gasteiger partial charge in [0.25, 0.3) is 5.56 Å². The fourth-order valence-corrected chi connectivity index (χ4v) is 5.03. The minimum absolute atomic E-state index is 0.231. The van der Waals surface area contributed by atoms with Crippen molar-refractivity contribution in [2.24, 2.45) is 4.99 Å². The Morgan fingerprint density at radius 2 is 1.94 bits per heavy atom. The number of allylic oxidation sites excluding steroid dienone is 1. The number of ether oxygens (including phenoxy) is 2. The van der Waals surface area contributed by atoms with Gasteiger partial charge in [0.1, 0.15) is 5.75 Å². The Morgan fingerprint density at radius 1 is 1.21 bits per heavy atom. The van der Waals surface area contributed by atoms with Gasteiger partial charge in [-0.05, 0) is 50.6 Å². The second kappa shape index (κ2) is 9.37. The van der Waals surface area contributed by atoms with E-state index in [-0.39, 0.29) is 12.2 Å². The Bertz CT molecular complexity index is 1430. The predicted octanol–water partition coefficient (Wildman–Crippen LogP) is 3.77. The molecule has 33 heavy (non-hydrogen) atoms. The average molecular weight is 483 g/mol. The molecule has 0 N–H and O–H groups in total. The largest absolute Gasteiger partial charge is 0.496 e. The summed E-state index contributed by atoms with van der Waals surface area (Å²) in [6, 6.07) is 12.4. The first-order valence-corrected chi connectivity index (χ1v) is 11.6. The molecule has 170 valence electrons. The van der Waals surface area contributed by atoms with Crippen molar-refractivity contribution in [2.45, 2.75) is 26.8 Å². The monoisotopic (exact) mass is 482 g/mol. The molecule has 0 saturated heterocycles. The molecule has 0 radical (unpaired) electrons. The van der Waals surface area contributed by atoms with Gasteiger partial charge in [-0.25, -0.2) is 9.79 Å². The van der Waals surface area contributed by atoms with E-state index < -0.39 is 12.0 Å². The molecular formula is C25H23ClN2O4S. The summed E-state index contributed by atoms with van der Waals surface area (Å²) in [6.45, 7) is 5.74. The third-order valence-corrected chi connectivity index (χ3v) is 6.61. The summed E-state index contributed by atoms with van der Waals surface area (Å²) >= 11 is 7.43. The van der Waals surface area contributed by atoms with E-state index in [1.165, 1.54) is 11.3 Å². The summed E-state index contributed by atoms with van der Waals surface area (Å²) in [7, 11) is 1.56. The number of aryl methyl sites for hydroxylation is 1. The van der Waals surface area contributed by atoms with E-state index in [1.807, 2.05) is 31.2 Å². The number of esters is 1. The van der Waals surface area contributed by atoms with E-state index in [1.54, 1.807) is 49.8 Å². The van der Waals surface area contributed by atoms with Gasteiger partial charge < -0.3 is 9.47 Å². The Balaban J connectivity index is 1.97. The Morgan fingerprint density at radius 3 is 2.61 bits per heavy atom. The second-order valence-electron chi connectivity index (χ2n) is 7.60. The first kappa shape index (κ1) is 23.0. The highest BCUT2D eigenvalue weighted by Crippen LogP contribution is 2.31. The molecule has 8 heteroatoms. The fourth-order valence-electron chi connectivity index (χ4n) is 3.81. The molecule has 0 spiro atoms. The van der Waals surface area contributed by atoms with Crippen LogP contribution in [0.5, 0.6) is 5.75 Å². The standard InChI is InChI=1S/C25H23ClN2O4S/c1-5-32-24(30)21-15(3)27-25-28(22(21)16-8-6-14(2)7-9-16)23(29)20(33-25)13-17-12-18(26)10-11-19(17)31-4/h6-13,22H,5H2,1-4H3/b20-13-/t22-/m1/s1. The molecule has 1 atom stereocenters. The van der Waals surface area contributed by atoms with Crippen LogP contribution in [0.1, 0.15) is 36.6 Å². The third-order valence-electron chi connectivity index (χ3n) is 5.39. The number of carbonyl (C=O) groups is 1. The minimum Gasteiger partial charge on any atom is -0.496 e. The van der Waals surface area contributed by atoms with Gasteiger partial charge in [0.15, 0.2) is 4.80 Å². The Kier molecular flexibility index (Phi) is 6.54. The van der Waals surface area contributed by atoms with Crippen molar-refractivity contribution in [2.75, 3.05) is 13.7 Å². The number of halogens is 1. The zero-order valence-electron chi connectivity index (χ0n) is 18.7. The average Bonchev–Trinajstić information content (AvgIpc) is 3.08. The van der Waals surface area contributed by atoms with E-state index in [4.69, 9.17) is 21.1 Å². The normalized spacial score (nSPS) is 15.8. The van der Waals surface area contributed by atoms with E-state index in [2.05, 4.69) is 4.99 Å². The molecule has 0 bridgehead atoms. The number of rotatable bonds is 5. The van der Waals surface area contributed by atoms with Crippen LogP contribution in [0, 0.1) is 6.92 Å². The molecule has 0 aliphatic carbocycles. The van der Waals surface area contributed by atoms with Crippen molar-refractivity contribution in [3.05, 3.63) is 95.1 Å². The van der Waals surface area contributed by atoms with E-state index in [9.17, 15) is 9.59 Å². The lowest BCUT2D eigenvalue weighted by Crippen LogP contribution is -2.39. The molecule has 1 aromatic heterocycles. The van der Waals surface area contributed by atoms with Gasteiger partial charge in [-0.1, -0.05) is 52.8 Å². The van der Waals surface area contributed by atoms with E-state index in [0.717, 1.165) is 11.1 Å². The summed E-state index contributed by atoms with van der Waals surface area (Å²) in [5.41, 5.74) is 3.22. The number of methoxy groups -OCH3 is 1. The summed E-state index contributed by atoms with van der Waals surface area (Å²) in [5.74, 6) is 0.124. The van der Waals surface area contributed by atoms with Gasteiger partial charge in [-0.15, -0.1) is 0 Å². The first-order valence-electron chi connectivity index (χ1n) is 10.4. The van der Waals surface area contributed by atoms with Crippen molar-refractivity contribution in [3.8, 4) is 5.75 Å². The van der Waals surface area contributed by atoms with Crippen LogP contribution < -0.4 is 19.6 Å². The van der Waals surface area contributed by atoms with Crippen LogP contribution in [-0.2, 0) is 9.53 Å². The summed E-state index contributed by atoms with van der Waals surface area (Å²) in [5, 5.41) is 0.535. The van der Waals surface area contributed by atoms with Crippen molar-refractivity contribution in [3.63, 3.8) is 0 Å².